The van der Waals surface area contributed by atoms with Gasteiger partial charge in [-0.05, 0) is 97.5 Å². The van der Waals surface area contributed by atoms with E-state index in [1.54, 1.807) is 10.8 Å². The van der Waals surface area contributed by atoms with Crippen LogP contribution in [0.4, 0.5) is 0 Å². The molecule has 10 rings (SSSR count). The minimum Gasteiger partial charge on any atom is -0.427 e. The number of hydrogen-bond acceptors (Lipinski definition) is 10. The average molecular weight is 714 g/mol. The predicted molar refractivity (Wildman–Crippen MR) is 191 cm³/mol. The highest BCUT2D eigenvalue weighted by atomic mass is 33.1. The van der Waals surface area contributed by atoms with E-state index in [1.165, 1.54) is 22.6 Å². The van der Waals surface area contributed by atoms with E-state index in [-0.39, 0.29) is 54.0 Å². The summed E-state index contributed by atoms with van der Waals surface area (Å²) in [6.07, 6.45) is 16.1. The molecule has 2 amide bonds. The first-order valence-corrected chi connectivity index (χ1v) is 20.8. The quantitative estimate of drug-likeness (QED) is 0.205. The molecule has 10 aliphatic rings. The van der Waals surface area contributed by atoms with Crippen molar-refractivity contribution in [2.45, 2.75) is 65.2 Å². The van der Waals surface area contributed by atoms with Gasteiger partial charge in [0, 0.05) is 54.0 Å². The second-order valence-corrected chi connectivity index (χ2v) is 17.8. The van der Waals surface area contributed by atoms with Crippen LogP contribution in [0.2, 0.25) is 0 Å². The highest BCUT2D eigenvalue weighted by Crippen LogP contribution is 2.72. The molecule has 0 unspecified atom stereocenters. The molecule has 7 atom stereocenters. The van der Waals surface area contributed by atoms with Crippen LogP contribution < -0.4 is 10.6 Å². The van der Waals surface area contributed by atoms with E-state index in [4.69, 9.17) is 9.47 Å². The monoisotopic (exact) mass is 713 g/mol. The molecule has 0 radical (unpaired) electrons. The highest BCUT2D eigenvalue weighted by Gasteiger charge is 2.70. The molecule has 0 aromatic rings. The van der Waals surface area contributed by atoms with E-state index in [0.717, 1.165) is 90.4 Å². The number of ether oxygens (including phenoxy) is 2. The van der Waals surface area contributed by atoms with Gasteiger partial charge < -0.3 is 20.1 Å². The Balaban J connectivity index is 1.28. The SMILES string of the molecule is CCCC1=C2OC(=O)C3=C2[C@@H](CC1)C[C@H]1[C@@H]2CC[C@@]4(C5=C2[C@@H](CN2C(=O)C=CC2=O)C2=CCNC(=C2)NCSSC[C@H](C)C/C=C/4OC5=O)[C@@H]31. The molecule has 1 saturated heterocycles. The summed E-state index contributed by atoms with van der Waals surface area (Å²) in [5.74, 6) is 2.85. The first kappa shape index (κ1) is 32.5. The van der Waals surface area contributed by atoms with E-state index < -0.39 is 11.3 Å². The Bertz CT molecular complexity index is 1820. The molecule has 1 spiro atoms. The Labute approximate surface area is 300 Å². The zero-order valence-corrected chi connectivity index (χ0v) is 30.2. The fourth-order valence-electron chi connectivity index (χ4n) is 10.7. The van der Waals surface area contributed by atoms with Crippen molar-refractivity contribution >= 4 is 45.3 Å². The lowest BCUT2D eigenvalue weighted by Crippen LogP contribution is -2.55. The van der Waals surface area contributed by atoms with E-state index in [2.05, 4.69) is 42.7 Å². The summed E-state index contributed by atoms with van der Waals surface area (Å²) in [7, 11) is 3.59. The second-order valence-electron chi connectivity index (χ2n) is 15.3. The molecule has 50 heavy (non-hydrogen) atoms. The number of carbonyl (C=O) groups excluding carboxylic acids is 4. The van der Waals surface area contributed by atoms with Gasteiger partial charge in [0.15, 0.2) is 0 Å². The number of nitrogens with one attached hydrogen (secondary N) is 2. The van der Waals surface area contributed by atoms with Crippen molar-refractivity contribution in [1.29, 1.82) is 0 Å². The van der Waals surface area contributed by atoms with Gasteiger partial charge in [-0.1, -0.05) is 47.9 Å². The zero-order chi connectivity index (χ0) is 34.3. The van der Waals surface area contributed by atoms with Crippen LogP contribution in [0.15, 0.2) is 81.2 Å². The Morgan fingerprint density at radius 3 is 2.66 bits per heavy atom. The Kier molecular flexibility index (Phi) is 8.02. The molecule has 0 aromatic carbocycles. The fraction of sp³-hybridized carbons (Fsp3) is 0.538. The van der Waals surface area contributed by atoms with Crippen LogP contribution in [-0.4, -0.2) is 53.4 Å². The topological polar surface area (TPSA) is 114 Å². The molecule has 2 N–H and O–H groups in total. The highest BCUT2D eigenvalue weighted by molar-refractivity contribution is 8.76. The number of carbonyl (C=O) groups is 4. The smallest absolute Gasteiger partial charge is 0.340 e. The molecule has 5 aliphatic heterocycles. The van der Waals surface area contributed by atoms with Crippen LogP contribution in [0.25, 0.3) is 0 Å². The first-order valence-electron chi connectivity index (χ1n) is 18.3. The number of rotatable bonds is 4. The zero-order valence-electron chi connectivity index (χ0n) is 28.5. The van der Waals surface area contributed by atoms with Gasteiger partial charge in [-0.15, -0.1) is 0 Å². The summed E-state index contributed by atoms with van der Waals surface area (Å²) < 4.78 is 12.7. The first-order chi connectivity index (χ1) is 24.3. The summed E-state index contributed by atoms with van der Waals surface area (Å²) in [5, 5.41) is 6.98. The Hall–Kier alpha value is -3.44. The van der Waals surface area contributed by atoms with Crippen molar-refractivity contribution in [1.82, 2.24) is 15.5 Å². The minimum absolute atomic E-state index is 0.00758. The molecule has 262 valence electrons. The lowest BCUT2D eigenvalue weighted by Gasteiger charge is -2.58. The molecule has 1 saturated carbocycles. The molecular weight excluding hydrogens is 671 g/mol. The molecule has 5 heterocycles. The molecular formula is C39H43N3O6S2. The summed E-state index contributed by atoms with van der Waals surface area (Å²) in [4.78, 5) is 56.3. The van der Waals surface area contributed by atoms with Crippen molar-refractivity contribution in [3.63, 3.8) is 0 Å². The second kappa shape index (κ2) is 12.4. The van der Waals surface area contributed by atoms with Crippen LogP contribution in [0.3, 0.4) is 0 Å². The van der Waals surface area contributed by atoms with E-state index >= 15 is 0 Å². The van der Waals surface area contributed by atoms with E-state index in [9.17, 15) is 19.2 Å². The lowest BCUT2D eigenvalue weighted by atomic mass is 9.42. The molecule has 2 fully saturated rings. The number of hydrogen-bond donors (Lipinski definition) is 2. The van der Waals surface area contributed by atoms with Gasteiger partial charge in [-0.25, -0.2) is 9.59 Å². The van der Waals surface area contributed by atoms with Crippen LogP contribution in [0.5, 0.6) is 0 Å². The maximum Gasteiger partial charge on any atom is 0.340 e. The van der Waals surface area contributed by atoms with Crippen molar-refractivity contribution in [2.24, 2.45) is 40.9 Å². The van der Waals surface area contributed by atoms with Gasteiger partial charge >= 0.3 is 11.9 Å². The van der Waals surface area contributed by atoms with Crippen LogP contribution in [0, 0.1) is 40.9 Å². The van der Waals surface area contributed by atoms with Crippen LogP contribution in [0.1, 0.15) is 65.2 Å². The number of fused-ring (bicyclic) bond motifs is 2. The van der Waals surface area contributed by atoms with E-state index in [1.807, 2.05) is 10.8 Å². The number of dihydropyridines is 1. The minimum atomic E-state index is -0.803. The van der Waals surface area contributed by atoms with E-state index in [0.29, 0.717) is 30.2 Å². The predicted octanol–water partition coefficient (Wildman–Crippen LogP) is 5.97. The third-order valence-corrected chi connectivity index (χ3v) is 15.0. The van der Waals surface area contributed by atoms with Crippen molar-refractivity contribution < 1.29 is 28.7 Å². The fourth-order valence-corrected chi connectivity index (χ4v) is 12.9. The Morgan fingerprint density at radius 1 is 1.00 bits per heavy atom. The molecule has 11 heteroatoms. The maximum absolute atomic E-state index is 14.6. The number of nitrogens with zero attached hydrogens (tertiary/aromatic N) is 1. The summed E-state index contributed by atoms with van der Waals surface area (Å²) >= 11 is 0. The van der Waals surface area contributed by atoms with Gasteiger partial charge in [-0.2, -0.15) is 0 Å². The normalized spacial score (nSPS) is 37.1. The van der Waals surface area contributed by atoms with Gasteiger partial charge in [0.05, 0.1) is 22.7 Å². The summed E-state index contributed by atoms with van der Waals surface area (Å²) in [6, 6.07) is 0. The standard InChI is InChI=1S/C39H43N3O6S2/c1-3-4-21-6-7-23-15-25-24-11-13-39(34(25)33-31(23)36(21)48-37(33)45)27-8-5-20(2)18-49-50-19-41-28-16-22(12-14-40-28)26(32(24)35(39)38(46)47-27)17-42-29(43)9-10-30(42)44/h8-10,12,16,20,23-26,34,40-41H,3-7,11,13-15,17-19H2,1-2H3/b27-8-/t20-,23+,24+,25+,26+,34-,39+/m1/s1. The number of allylic oxidation sites excluding steroid dienone is 5. The molecule has 7 bridgehead atoms. The number of imide groups is 1. The van der Waals surface area contributed by atoms with Crippen LogP contribution in [-0.2, 0) is 28.7 Å². The molecule has 0 aromatic heterocycles. The lowest BCUT2D eigenvalue weighted by molar-refractivity contribution is -0.138. The van der Waals surface area contributed by atoms with Gasteiger partial charge in [0.25, 0.3) is 11.8 Å². The van der Waals surface area contributed by atoms with Gasteiger partial charge in [-0.3, -0.25) is 14.5 Å². The number of amides is 2. The largest absolute Gasteiger partial charge is 0.427 e. The van der Waals surface area contributed by atoms with Gasteiger partial charge in [0.1, 0.15) is 11.5 Å². The third-order valence-electron chi connectivity index (χ3n) is 12.6. The Morgan fingerprint density at radius 2 is 1.84 bits per heavy atom. The number of esters is 2. The van der Waals surface area contributed by atoms with Gasteiger partial charge in [0.2, 0.25) is 0 Å². The summed E-state index contributed by atoms with van der Waals surface area (Å²) in [6.45, 7) is 5.12. The van der Waals surface area contributed by atoms with Crippen molar-refractivity contribution in [2.75, 3.05) is 24.7 Å². The average Bonchev–Trinajstić information content (AvgIpc) is 3.74. The van der Waals surface area contributed by atoms with Crippen molar-refractivity contribution in [3.8, 4) is 0 Å². The third kappa shape index (κ3) is 4.81. The van der Waals surface area contributed by atoms with Crippen LogP contribution >= 0.6 is 21.6 Å². The maximum atomic E-state index is 14.6. The molecule has 5 aliphatic carbocycles. The molecule has 9 nitrogen and oxygen atoms in total. The summed E-state index contributed by atoms with van der Waals surface area (Å²) in [5.41, 5.74) is 4.97. The van der Waals surface area contributed by atoms with Crippen molar-refractivity contribution in [3.05, 3.63) is 81.2 Å².